The highest BCUT2D eigenvalue weighted by atomic mass is 16.5. The zero-order chi connectivity index (χ0) is 22.3. The third kappa shape index (κ3) is 5.30. The van der Waals surface area contributed by atoms with Crippen LogP contribution in [0.2, 0.25) is 0 Å². The van der Waals surface area contributed by atoms with E-state index in [0.29, 0.717) is 11.1 Å². The Hall–Kier alpha value is -3.73. The Morgan fingerprint density at radius 1 is 0.812 bits per heavy atom. The number of esters is 1. The van der Waals surface area contributed by atoms with E-state index in [1.807, 2.05) is 48.5 Å². The van der Waals surface area contributed by atoms with Crippen LogP contribution >= 0.6 is 0 Å². The molecule has 1 atom stereocenters. The molecule has 0 fully saturated rings. The highest BCUT2D eigenvalue weighted by molar-refractivity contribution is 5.98. The normalized spacial score (nSPS) is 13.1. The molecule has 1 unspecified atom stereocenters. The summed E-state index contributed by atoms with van der Waals surface area (Å²) in [6.45, 7) is -0.314. The SMILES string of the molecule is O=C(CC(NC(=O)c1ccccc1)c1ccccc1)OCC(=O)c1ccc2c(c1)CCC2. The molecule has 3 aromatic carbocycles. The second-order valence-corrected chi connectivity index (χ2v) is 7.93. The first-order valence-electron chi connectivity index (χ1n) is 10.8. The summed E-state index contributed by atoms with van der Waals surface area (Å²) in [5.41, 5.74) is 4.36. The Morgan fingerprint density at radius 2 is 1.50 bits per heavy atom. The number of carbonyl (C=O) groups excluding carboxylic acids is 3. The number of benzene rings is 3. The summed E-state index contributed by atoms with van der Waals surface area (Å²) in [5, 5.41) is 2.90. The molecule has 1 amide bonds. The third-order valence-electron chi connectivity index (χ3n) is 5.70. The quantitative estimate of drug-likeness (QED) is 0.425. The van der Waals surface area contributed by atoms with E-state index in [2.05, 4.69) is 5.32 Å². The molecule has 1 N–H and O–H groups in total. The van der Waals surface area contributed by atoms with Crippen molar-refractivity contribution < 1.29 is 19.1 Å². The van der Waals surface area contributed by atoms with Crippen LogP contribution in [-0.2, 0) is 22.4 Å². The lowest BCUT2D eigenvalue weighted by Gasteiger charge is -2.19. The van der Waals surface area contributed by atoms with Crippen LogP contribution in [0.1, 0.15) is 56.3 Å². The third-order valence-corrected chi connectivity index (χ3v) is 5.70. The fourth-order valence-electron chi connectivity index (χ4n) is 3.97. The summed E-state index contributed by atoms with van der Waals surface area (Å²) in [7, 11) is 0. The number of ketones is 1. The van der Waals surface area contributed by atoms with E-state index in [0.717, 1.165) is 24.8 Å². The fraction of sp³-hybridized carbons (Fsp3) is 0.222. The first kappa shape index (κ1) is 21.5. The van der Waals surface area contributed by atoms with Gasteiger partial charge in [0.2, 0.25) is 0 Å². The largest absolute Gasteiger partial charge is 0.457 e. The molecule has 4 rings (SSSR count). The van der Waals surface area contributed by atoms with E-state index in [1.54, 1.807) is 30.3 Å². The topological polar surface area (TPSA) is 72.5 Å². The fourth-order valence-corrected chi connectivity index (χ4v) is 3.97. The Kier molecular flexibility index (Phi) is 6.75. The lowest BCUT2D eigenvalue weighted by molar-refractivity contribution is -0.143. The lowest BCUT2D eigenvalue weighted by Crippen LogP contribution is -2.31. The van der Waals surface area contributed by atoms with Crippen LogP contribution in [0.5, 0.6) is 0 Å². The summed E-state index contributed by atoms with van der Waals surface area (Å²) in [6.07, 6.45) is 3.07. The van der Waals surface area contributed by atoms with Gasteiger partial charge in [0, 0.05) is 11.1 Å². The molecule has 0 heterocycles. The summed E-state index contributed by atoms with van der Waals surface area (Å²) in [5.74, 6) is -1.04. The molecule has 32 heavy (non-hydrogen) atoms. The molecular formula is C27H25NO4. The first-order chi connectivity index (χ1) is 15.6. The predicted molar refractivity (Wildman–Crippen MR) is 121 cm³/mol. The maximum Gasteiger partial charge on any atom is 0.308 e. The van der Waals surface area contributed by atoms with E-state index in [4.69, 9.17) is 4.74 Å². The standard InChI is InChI=1S/C27H25NO4/c29-25(23-15-14-19-12-7-13-22(19)16-23)18-32-26(30)17-24(20-8-3-1-4-9-20)28-27(31)21-10-5-2-6-11-21/h1-6,8-11,14-16,24H,7,12-13,17-18H2,(H,28,31). The zero-order valence-electron chi connectivity index (χ0n) is 17.8. The van der Waals surface area contributed by atoms with Crippen molar-refractivity contribution in [2.75, 3.05) is 6.61 Å². The van der Waals surface area contributed by atoms with Gasteiger partial charge in [-0.2, -0.15) is 0 Å². The highest BCUT2D eigenvalue weighted by Gasteiger charge is 2.21. The van der Waals surface area contributed by atoms with Gasteiger partial charge >= 0.3 is 5.97 Å². The molecule has 1 aliphatic rings. The van der Waals surface area contributed by atoms with Crippen molar-refractivity contribution in [1.29, 1.82) is 0 Å². The van der Waals surface area contributed by atoms with Crippen molar-refractivity contribution in [3.63, 3.8) is 0 Å². The van der Waals surface area contributed by atoms with Crippen molar-refractivity contribution in [2.45, 2.75) is 31.7 Å². The molecule has 3 aromatic rings. The van der Waals surface area contributed by atoms with Crippen molar-refractivity contribution >= 4 is 17.7 Å². The molecule has 0 spiro atoms. The van der Waals surface area contributed by atoms with Crippen LogP contribution in [0.3, 0.4) is 0 Å². The van der Waals surface area contributed by atoms with Crippen LogP contribution in [-0.4, -0.2) is 24.3 Å². The first-order valence-corrected chi connectivity index (χ1v) is 10.8. The van der Waals surface area contributed by atoms with Gasteiger partial charge in [0.1, 0.15) is 0 Å². The van der Waals surface area contributed by atoms with Crippen LogP contribution in [0.25, 0.3) is 0 Å². The molecule has 0 aliphatic heterocycles. The molecule has 0 saturated heterocycles. The lowest BCUT2D eigenvalue weighted by atomic mass is 10.0. The number of carbonyl (C=O) groups is 3. The van der Waals surface area contributed by atoms with Crippen LogP contribution in [0.15, 0.2) is 78.9 Å². The summed E-state index contributed by atoms with van der Waals surface area (Å²) < 4.78 is 5.28. The summed E-state index contributed by atoms with van der Waals surface area (Å²) >= 11 is 0. The van der Waals surface area contributed by atoms with Gasteiger partial charge in [0.25, 0.3) is 5.91 Å². The molecular weight excluding hydrogens is 402 g/mol. The number of hydrogen-bond donors (Lipinski definition) is 1. The zero-order valence-corrected chi connectivity index (χ0v) is 17.8. The molecule has 0 bridgehead atoms. The van der Waals surface area contributed by atoms with Crippen LogP contribution in [0, 0.1) is 0 Å². The van der Waals surface area contributed by atoms with Crippen molar-refractivity contribution in [3.8, 4) is 0 Å². The van der Waals surface area contributed by atoms with Gasteiger partial charge in [-0.25, -0.2) is 0 Å². The van der Waals surface area contributed by atoms with Gasteiger partial charge in [-0.3, -0.25) is 14.4 Å². The number of nitrogens with one attached hydrogen (secondary N) is 1. The van der Waals surface area contributed by atoms with Gasteiger partial charge in [-0.1, -0.05) is 60.7 Å². The molecule has 5 heteroatoms. The van der Waals surface area contributed by atoms with Gasteiger partial charge < -0.3 is 10.1 Å². The average Bonchev–Trinajstić information content (AvgIpc) is 3.31. The molecule has 1 aliphatic carbocycles. The van der Waals surface area contributed by atoms with Gasteiger partial charge in [-0.15, -0.1) is 0 Å². The minimum Gasteiger partial charge on any atom is -0.457 e. The Bertz CT molecular complexity index is 1110. The van der Waals surface area contributed by atoms with E-state index in [-0.39, 0.29) is 24.7 Å². The number of Topliss-reactive ketones (excluding diaryl/α,β-unsaturated/α-hetero) is 1. The van der Waals surface area contributed by atoms with E-state index in [1.165, 1.54) is 11.1 Å². The smallest absolute Gasteiger partial charge is 0.308 e. The molecule has 5 nitrogen and oxygen atoms in total. The Balaban J connectivity index is 1.38. The minimum atomic E-state index is -0.563. The molecule has 0 aromatic heterocycles. The van der Waals surface area contributed by atoms with Gasteiger partial charge in [0.05, 0.1) is 12.5 Å². The molecule has 0 radical (unpaired) electrons. The van der Waals surface area contributed by atoms with E-state index >= 15 is 0 Å². The highest BCUT2D eigenvalue weighted by Crippen LogP contribution is 2.23. The van der Waals surface area contributed by atoms with Crippen molar-refractivity contribution in [1.82, 2.24) is 5.32 Å². The summed E-state index contributed by atoms with van der Waals surface area (Å²) in [4.78, 5) is 37.7. The number of fused-ring (bicyclic) bond motifs is 1. The second-order valence-electron chi connectivity index (χ2n) is 7.93. The predicted octanol–water partition coefficient (Wildman–Crippen LogP) is 4.46. The maximum atomic E-state index is 12.6. The van der Waals surface area contributed by atoms with Crippen molar-refractivity contribution in [2.24, 2.45) is 0 Å². The van der Waals surface area contributed by atoms with Crippen molar-refractivity contribution in [3.05, 3.63) is 107 Å². The van der Waals surface area contributed by atoms with E-state index < -0.39 is 12.0 Å². The number of hydrogen-bond acceptors (Lipinski definition) is 4. The maximum absolute atomic E-state index is 12.6. The van der Waals surface area contributed by atoms with Gasteiger partial charge in [0.15, 0.2) is 12.4 Å². The number of aryl methyl sites for hydroxylation is 2. The summed E-state index contributed by atoms with van der Waals surface area (Å²) in [6, 6.07) is 23.2. The average molecular weight is 428 g/mol. The monoisotopic (exact) mass is 427 g/mol. The van der Waals surface area contributed by atoms with Gasteiger partial charge in [-0.05, 0) is 54.2 Å². The number of rotatable bonds is 8. The van der Waals surface area contributed by atoms with Crippen LogP contribution in [0.4, 0.5) is 0 Å². The number of amides is 1. The second kappa shape index (κ2) is 10.1. The number of ether oxygens (including phenoxy) is 1. The molecule has 0 saturated carbocycles. The Labute approximate surface area is 187 Å². The Morgan fingerprint density at radius 3 is 2.25 bits per heavy atom. The molecule has 162 valence electrons. The minimum absolute atomic E-state index is 0.0694. The van der Waals surface area contributed by atoms with E-state index in [9.17, 15) is 14.4 Å². The van der Waals surface area contributed by atoms with Crippen LogP contribution < -0.4 is 5.32 Å².